The van der Waals surface area contributed by atoms with E-state index in [1.165, 1.54) is 0 Å². The largest absolute Gasteiger partial charge is 0.491 e. The first-order chi connectivity index (χ1) is 13.0. The topological polar surface area (TPSA) is 70.2 Å². The Morgan fingerprint density at radius 2 is 1.81 bits per heavy atom. The molecule has 0 bridgehead atoms. The summed E-state index contributed by atoms with van der Waals surface area (Å²) in [5.41, 5.74) is 1.90. The SMILES string of the molecule is CC(C)Oc1ccc(-c2noc(-c3cn(C)c4ccccc4c3=O)n2)cc1. The van der Waals surface area contributed by atoms with E-state index in [2.05, 4.69) is 10.1 Å². The van der Waals surface area contributed by atoms with Gasteiger partial charge in [0, 0.05) is 24.2 Å². The number of pyridine rings is 1. The second-order valence-corrected chi connectivity index (χ2v) is 6.61. The molecule has 4 aromatic rings. The van der Waals surface area contributed by atoms with Gasteiger partial charge in [0.1, 0.15) is 11.3 Å². The number of hydrogen-bond acceptors (Lipinski definition) is 5. The number of rotatable bonds is 4. The monoisotopic (exact) mass is 361 g/mol. The van der Waals surface area contributed by atoms with Gasteiger partial charge in [-0.1, -0.05) is 17.3 Å². The van der Waals surface area contributed by atoms with Gasteiger partial charge in [-0.15, -0.1) is 0 Å². The molecule has 2 heterocycles. The third kappa shape index (κ3) is 3.21. The van der Waals surface area contributed by atoms with Crippen molar-refractivity contribution in [2.75, 3.05) is 0 Å². The van der Waals surface area contributed by atoms with E-state index in [9.17, 15) is 4.79 Å². The van der Waals surface area contributed by atoms with Crippen LogP contribution in [-0.4, -0.2) is 20.8 Å². The molecule has 0 aliphatic heterocycles. The maximum absolute atomic E-state index is 12.8. The number of hydrogen-bond donors (Lipinski definition) is 0. The average molecular weight is 361 g/mol. The van der Waals surface area contributed by atoms with Crippen molar-refractivity contribution in [1.82, 2.24) is 14.7 Å². The van der Waals surface area contributed by atoms with E-state index < -0.39 is 0 Å². The second-order valence-electron chi connectivity index (χ2n) is 6.61. The Kier molecular flexibility index (Phi) is 4.24. The minimum absolute atomic E-state index is 0.108. The molecule has 0 aliphatic carbocycles. The number of ether oxygens (including phenoxy) is 1. The van der Waals surface area contributed by atoms with Crippen LogP contribution in [0.2, 0.25) is 0 Å². The highest BCUT2D eigenvalue weighted by molar-refractivity contribution is 5.82. The van der Waals surface area contributed by atoms with Crippen LogP contribution in [0.5, 0.6) is 5.75 Å². The van der Waals surface area contributed by atoms with Crippen molar-refractivity contribution in [3.63, 3.8) is 0 Å². The van der Waals surface area contributed by atoms with Crippen LogP contribution in [0.15, 0.2) is 64.0 Å². The molecule has 2 aromatic carbocycles. The standard InChI is InChI=1S/C21H19N3O3/c1-13(2)26-15-10-8-14(9-11-15)20-22-21(27-23-20)17-12-24(3)18-7-5-4-6-16(18)19(17)25/h4-13H,1-3H3. The highest BCUT2D eigenvalue weighted by Crippen LogP contribution is 2.24. The van der Waals surface area contributed by atoms with Crippen molar-refractivity contribution >= 4 is 10.9 Å². The smallest absolute Gasteiger partial charge is 0.263 e. The predicted molar refractivity (Wildman–Crippen MR) is 104 cm³/mol. The first kappa shape index (κ1) is 17.0. The number of para-hydroxylation sites is 1. The van der Waals surface area contributed by atoms with Crippen LogP contribution in [0.3, 0.4) is 0 Å². The number of benzene rings is 2. The van der Waals surface area contributed by atoms with E-state index in [1.807, 2.05) is 67.9 Å². The van der Waals surface area contributed by atoms with E-state index in [1.54, 1.807) is 12.3 Å². The summed E-state index contributed by atoms with van der Waals surface area (Å²) in [5, 5.41) is 4.65. The summed E-state index contributed by atoms with van der Waals surface area (Å²) < 4.78 is 12.9. The van der Waals surface area contributed by atoms with Gasteiger partial charge in [-0.2, -0.15) is 4.98 Å². The lowest BCUT2D eigenvalue weighted by atomic mass is 10.1. The lowest BCUT2D eigenvalue weighted by molar-refractivity contribution is 0.242. The molecule has 27 heavy (non-hydrogen) atoms. The van der Waals surface area contributed by atoms with Gasteiger partial charge in [-0.3, -0.25) is 4.79 Å². The quantitative estimate of drug-likeness (QED) is 0.549. The summed E-state index contributed by atoms with van der Waals surface area (Å²) in [6, 6.07) is 14.9. The van der Waals surface area contributed by atoms with E-state index >= 15 is 0 Å². The number of fused-ring (bicyclic) bond motifs is 1. The van der Waals surface area contributed by atoms with E-state index in [0.717, 1.165) is 16.8 Å². The zero-order chi connectivity index (χ0) is 19.0. The van der Waals surface area contributed by atoms with Crippen molar-refractivity contribution in [2.45, 2.75) is 20.0 Å². The molecule has 2 aromatic heterocycles. The molecule has 0 saturated heterocycles. The van der Waals surface area contributed by atoms with Gasteiger partial charge in [-0.05, 0) is 50.2 Å². The van der Waals surface area contributed by atoms with Crippen LogP contribution >= 0.6 is 0 Å². The Hall–Kier alpha value is -3.41. The molecule has 6 heteroatoms. The fraction of sp³-hybridized carbons (Fsp3) is 0.190. The molecule has 0 amide bonds. The van der Waals surface area contributed by atoms with Gasteiger partial charge in [0.25, 0.3) is 5.89 Å². The molecule has 0 aliphatic rings. The summed E-state index contributed by atoms with van der Waals surface area (Å²) in [4.78, 5) is 17.2. The zero-order valence-electron chi connectivity index (χ0n) is 15.3. The minimum atomic E-state index is -0.125. The molecule has 0 N–H and O–H groups in total. The van der Waals surface area contributed by atoms with E-state index in [-0.39, 0.29) is 17.4 Å². The third-order valence-corrected chi connectivity index (χ3v) is 4.24. The molecule has 0 radical (unpaired) electrons. The molecule has 4 rings (SSSR count). The molecule has 0 fully saturated rings. The second kappa shape index (κ2) is 6.72. The normalized spacial score (nSPS) is 11.3. The Balaban J connectivity index is 1.72. The summed E-state index contributed by atoms with van der Waals surface area (Å²) in [7, 11) is 1.88. The maximum Gasteiger partial charge on any atom is 0.263 e. The van der Waals surface area contributed by atoms with Crippen LogP contribution in [-0.2, 0) is 7.05 Å². The predicted octanol–water partition coefficient (Wildman–Crippen LogP) is 4.04. The highest BCUT2D eigenvalue weighted by Gasteiger charge is 2.16. The zero-order valence-corrected chi connectivity index (χ0v) is 15.3. The lowest BCUT2D eigenvalue weighted by Gasteiger charge is -2.09. The molecule has 136 valence electrons. The van der Waals surface area contributed by atoms with Crippen LogP contribution in [0.25, 0.3) is 33.7 Å². The summed E-state index contributed by atoms with van der Waals surface area (Å²) in [6.07, 6.45) is 1.83. The van der Waals surface area contributed by atoms with Gasteiger partial charge in [0.05, 0.1) is 11.6 Å². The van der Waals surface area contributed by atoms with Gasteiger partial charge in [0.2, 0.25) is 11.3 Å². The number of nitrogens with zero attached hydrogens (tertiary/aromatic N) is 3. The van der Waals surface area contributed by atoms with Crippen molar-refractivity contribution in [3.05, 3.63) is 65.0 Å². The van der Waals surface area contributed by atoms with Crippen molar-refractivity contribution in [1.29, 1.82) is 0 Å². The fourth-order valence-electron chi connectivity index (χ4n) is 3.00. The first-order valence-electron chi connectivity index (χ1n) is 8.72. The van der Waals surface area contributed by atoms with Crippen molar-refractivity contribution in [3.8, 4) is 28.6 Å². The van der Waals surface area contributed by atoms with Gasteiger partial charge in [0.15, 0.2) is 0 Å². The van der Waals surface area contributed by atoms with Gasteiger partial charge < -0.3 is 13.8 Å². The molecular weight excluding hydrogens is 342 g/mol. The number of aryl methyl sites for hydroxylation is 1. The van der Waals surface area contributed by atoms with Gasteiger partial charge in [-0.25, -0.2) is 0 Å². The molecule has 0 atom stereocenters. The van der Waals surface area contributed by atoms with Crippen LogP contribution < -0.4 is 10.2 Å². The first-order valence-corrected chi connectivity index (χ1v) is 8.72. The molecule has 0 spiro atoms. The summed E-state index contributed by atoms with van der Waals surface area (Å²) >= 11 is 0. The summed E-state index contributed by atoms with van der Waals surface area (Å²) in [6.45, 7) is 3.95. The Bertz CT molecular complexity index is 1160. The van der Waals surface area contributed by atoms with Crippen molar-refractivity contribution in [2.24, 2.45) is 7.05 Å². The van der Waals surface area contributed by atoms with Crippen LogP contribution in [0, 0.1) is 0 Å². The van der Waals surface area contributed by atoms with Crippen molar-refractivity contribution < 1.29 is 9.26 Å². The lowest BCUT2D eigenvalue weighted by Crippen LogP contribution is -2.10. The summed E-state index contributed by atoms with van der Waals surface area (Å²) in [5.74, 6) is 1.41. The maximum atomic E-state index is 12.8. The molecule has 6 nitrogen and oxygen atoms in total. The Morgan fingerprint density at radius 1 is 1.07 bits per heavy atom. The molecule has 0 saturated carbocycles. The third-order valence-electron chi connectivity index (χ3n) is 4.24. The highest BCUT2D eigenvalue weighted by atomic mass is 16.5. The van der Waals surface area contributed by atoms with E-state index in [4.69, 9.17) is 9.26 Å². The Morgan fingerprint density at radius 3 is 2.56 bits per heavy atom. The molecule has 0 unspecified atom stereocenters. The minimum Gasteiger partial charge on any atom is -0.491 e. The average Bonchev–Trinajstić information content (AvgIpc) is 3.15. The van der Waals surface area contributed by atoms with E-state index in [0.29, 0.717) is 16.8 Å². The Labute approximate surface area is 156 Å². The number of aromatic nitrogens is 3. The fourth-order valence-corrected chi connectivity index (χ4v) is 3.00. The van der Waals surface area contributed by atoms with Crippen LogP contribution in [0.4, 0.5) is 0 Å². The van der Waals surface area contributed by atoms with Gasteiger partial charge >= 0.3 is 0 Å². The van der Waals surface area contributed by atoms with Crippen LogP contribution in [0.1, 0.15) is 13.8 Å². The molecular formula is C21H19N3O3.